The summed E-state index contributed by atoms with van der Waals surface area (Å²) in [4.78, 5) is 4.09. The predicted octanol–water partition coefficient (Wildman–Crippen LogP) is 2.22. The van der Waals surface area contributed by atoms with Crippen molar-refractivity contribution >= 4 is 5.69 Å². The molecule has 0 unspecified atom stereocenters. The molecule has 3 heteroatoms. The second-order valence-electron chi connectivity index (χ2n) is 3.65. The van der Waals surface area contributed by atoms with Crippen LogP contribution in [0.25, 0.3) is 0 Å². The van der Waals surface area contributed by atoms with E-state index in [2.05, 4.69) is 30.2 Å². The molecule has 0 amide bonds. The summed E-state index contributed by atoms with van der Waals surface area (Å²) in [6.07, 6.45) is 2.10. The molecule has 0 aliphatic rings. The van der Waals surface area contributed by atoms with E-state index in [0.717, 1.165) is 17.9 Å². The minimum atomic E-state index is 0.372. The molecule has 0 aliphatic carbocycles. The van der Waals surface area contributed by atoms with E-state index >= 15 is 0 Å². The lowest BCUT2D eigenvalue weighted by molar-refractivity contribution is 0.689. The summed E-state index contributed by atoms with van der Waals surface area (Å²) in [7, 11) is 0. The minimum Gasteiger partial charge on any atom is -0.385 e. The number of anilines is 1. The number of nitrogens with zero attached hydrogens (tertiary/aromatic N) is 2. The molecule has 0 bridgehead atoms. The third kappa shape index (κ3) is 3.44. The van der Waals surface area contributed by atoms with E-state index in [1.807, 2.05) is 12.1 Å². The van der Waals surface area contributed by atoms with E-state index in [1.165, 1.54) is 0 Å². The van der Waals surface area contributed by atoms with E-state index in [9.17, 15) is 0 Å². The Hall–Kier alpha value is -1.56. The second-order valence-corrected chi connectivity index (χ2v) is 3.65. The molecule has 0 aliphatic heterocycles. The van der Waals surface area contributed by atoms with Crippen molar-refractivity contribution in [2.75, 3.05) is 11.9 Å². The van der Waals surface area contributed by atoms with Gasteiger partial charge in [-0.3, -0.25) is 4.98 Å². The fourth-order valence-electron chi connectivity index (χ4n) is 1.09. The standard InChI is InChI=1S/C11H15N3/c1-9(2)8-14-11-4-6-13-10(7-11)3-5-12/h4,6-7,9H,3,8H2,1-2H3,(H,13,14). The van der Waals surface area contributed by atoms with Gasteiger partial charge in [-0.25, -0.2) is 0 Å². The Morgan fingerprint density at radius 2 is 2.36 bits per heavy atom. The van der Waals surface area contributed by atoms with E-state index in [4.69, 9.17) is 5.26 Å². The fraction of sp³-hybridized carbons (Fsp3) is 0.455. The number of nitrogens with one attached hydrogen (secondary N) is 1. The maximum absolute atomic E-state index is 8.52. The summed E-state index contributed by atoms with van der Waals surface area (Å²) in [5, 5.41) is 11.8. The Bertz CT molecular complexity index is 326. The molecule has 3 nitrogen and oxygen atoms in total. The average Bonchev–Trinajstić information content (AvgIpc) is 2.16. The predicted molar refractivity (Wildman–Crippen MR) is 56.9 cm³/mol. The Morgan fingerprint density at radius 1 is 1.57 bits per heavy atom. The Balaban J connectivity index is 2.60. The van der Waals surface area contributed by atoms with Crippen LogP contribution in [-0.2, 0) is 6.42 Å². The normalized spacial score (nSPS) is 9.86. The number of aromatic nitrogens is 1. The van der Waals surface area contributed by atoms with Crippen molar-refractivity contribution in [3.63, 3.8) is 0 Å². The lowest BCUT2D eigenvalue weighted by Crippen LogP contribution is -2.08. The SMILES string of the molecule is CC(C)CNc1ccnc(CC#N)c1. The van der Waals surface area contributed by atoms with Crippen LogP contribution < -0.4 is 5.32 Å². The van der Waals surface area contributed by atoms with Crippen molar-refractivity contribution in [1.29, 1.82) is 5.26 Å². The zero-order chi connectivity index (χ0) is 10.4. The van der Waals surface area contributed by atoms with Gasteiger partial charge in [0.1, 0.15) is 0 Å². The van der Waals surface area contributed by atoms with Crippen LogP contribution in [0.5, 0.6) is 0 Å². The van der Waals surface area contributed by atoms with E-state index in [1.54, 1.807) is 6.20 Å². The Labute approximate surface area is 84.8 Å². The number of hydrogen-bond acceptors (Lipinski definition) is 3. The van der Waals surface area contributed by atoms with Gasteiger partial charge in [0.05, 0.1) is 18.2 Å². The van der Waals surface area contributed by atoms with Gasteiger partial charge in [0.15, 0.2) is 0 Å². The maximum Gasteiger partial charge on any atom is 0.0775 e. The molecule has 74 valence electrons. The highest BCUT2D eigenvalue weighted by molar-refractivity contribution is 5.43. The molecule has 1 aromatic rings. The number of pyridine rings is 1. The molecule has 0 saturated carbocycles. The zero-order valence-corrected chi connectivity index (χ0v) is 8.62. The molecule has 14 heavy (non-hydrogen) atoms. The molecule has 1 rings (SSSR count). The van der Waals surface area contributed by atoms with Gasteiger partial charge in [0.2, 0.25) is 0 Å². The molecule has 0 fully saturated rings. The van der Waals surface area contributed by atoms with E-state index in [0.29, 0.717) is 12.3 Å². The van der Waals surface area contributed by atoms with Crippen LogP contribution in [0.15, 0.2) is 18.3 Å². The number of rotatable bonds is 4. The molecule has 0 saturated heterocycles. The molecule has 1 heterocycles. The highest BCUT2D eigenvalue weighted by Crippen LogP contribution is 2.08. The lowest BCUT2D eigenvalue weighted by atomic mass is 10.2. The van der Waals surface area contributed by atoms with Crippen LogP contribution in [0.3, 0.4) is 0 Å². The summed E-state index contributed by atoms with van der Waals surface area (Å²) >= 11 is 0. The van der Waals surface area contributed by atoms with Crippen LogP contribution in [0.1, 0.15) is 19.5 Å². The van der Waals surface area contributed by atoms with Crippen molar-refractivity contribution in [3.05, 3.63) is 24.0 Å². The van der Waals surface area contributed by atoms with Crippen molar-refractivity contribution in [3.8, 4) is 6.07 Å². The van der Waals surface area contributed by atoms with Crippen LogP contribution in [-0.4, -0.2) is 11.5 Å². The number of nitriles is 1. The first-order valence-corrected chi connectivity index (χ1v) is 4.78. The van der Waals surface area contributed by atoms with Gasteiger partial charge >= 0.3 is 0 Å². The molecule has 1 N–H and O–H groups in total. The van der Waals surface area contributed by atoms with Gasteiger partial charge in [0, 0.05) is 18.4 Å². The molecular formula is C11H15N3. The van der Waals surface area contributed by atoms with E-state index in [-0.39, 0.29) is 0 Å². The first kappa shape index (κ1) is 10.5. The van der Waals surface area contributed by atoms with Gasteiger partial charge in [-0.05, 0) is 18.1 Å². The third-order valence-corrected chi connectivity index (χ3v) is 1.79. The smallest absolute Gasteiger partial charge is 0.0775 e. The third-order valence-electron chi connectivity index (χ3n) is 1.79. The maximum atomic E-state index is 8.52. The van der Waals surface area contributed by atoms with Gasteiger partial charge < -0.3 is 5.32 Å². The van der Waals surface area contributed by atoms with Crippen LogP contribution in [0.2, 0.25) is 0 Å². The highest BCUT2D eigenvalue weighted by atomic mass is 14.9. The van der Waals surface area contributed by atoms with Gasteiger partial charge in [-0.1, -0.05) is 13.8 Å². The molecule has 0 spiro atoms. The summed E-state index contributed by atoms with van der Waals surface area (Å²) in [6, 6.07) is 5.93. The van der Waals surface area contributed by atoms with Crippen LogP contribution in [0.4, 0.5) is 5.69 Å². The topological polar surface area (TPSA) is 48.7 Å². The summed E-state index contributed by atoms with van der Waals surface area (Å²) in [6.45, 7) is 5.25. The summed E-state index contributed by atoms with van der Waals surface area (Å²) in [5.74, 6) is 0.614. The number of hydrogen-bond donors (Lipinski definition) is 1. The van der Waals surface area contributed by atoms with Gasteiger partial charge in [0.25, 0.3) is 0 Å². The van der Waals surface area contributed by atoms with E-state index < -0.39 is 0 Å². The Kier molecular flexibility index (Phi) is 3.93. The molecule has 0 aromatic carbocycles. The zero-order valence-electron chi connectivity index (χ0n) is 8.62. The first-order chi connectivity index (χ1) is 6.72. The minimum absolute atomic E-state index is 0.372. The summed E-state index contributed by atoms with van der Waals surface area (Å²) in [5.41, 5.74) is 1.86. The van der Waals surface area contributed by atoms with Gasteiger partial charge in [-0.15, -0.1) is 0 Å². The van der Waals surface area contributed by atoms with Crippen molar-refractivity contribution in [1.82, 2.24) is 4.98 Å². The second kappa shape index (κ2) is 5.23. The monoisotopic (exact) mass is 189 g/mol. The van der Waals surface area contributed by atoms with Crippen LogP contribution >= 0.6 is 0 Å². The Morgan fingerprint density at radius 3 is 3.00 bits per heavy atom. The van der Waals surface area contributed by atoms with Crippen LogP contribution in [0, 0.1) is 17.2 Å². The van der Waals surface area contributed by atoms with Gasteiger partial charge in [-0.2, -0.15) is 5.26 Å². The largest absolute Gasteiger partial charge is 0.385 e. The van der Waals surface area contributed by atoms with Crippen molar-refractivity contribution < 1.29 is 0 Å². The fourth-order valence-corrected chi connectivity index (χ4v) is 1.09. The lowest BCUT2D eigenvalue weighted by Gasteiger charge is -2.08. The highest BCUT2D eigenvalue weighted by Gasteiger charge is 1.97. The molecular weight excluding hydrogens is 174 g/mol. The first-order valence-electron chi connectivity index (χ1n) is 4.78. The quantitative estimate of drug-likeness (QED) is 0.790. The van der Waals surface area contributed by atoms with Crippen molar-refractivity contribution in [2.24, 2.45) is 5.92 Å². The summed E-state index contributed by atoms with van der Waals surface area (Å²) < 4.78 is 0. The molecule has 1 aromatic heterocycles. The molecule has 0 atom stereocenters. The average molecular weight is 189 g/mol. The molecule has 0 radical (unpaired) electrons. The van der Waals surface area contributed by atoms with Crippen molar-refractivity contribution in [2.45, 2.75) is 20.3 Å².